The van der Waals surface area contributed by atoms with Gasteiger partial charge >= 0.3 is 0 Å². The van der Waals surface area contributed by atoms with Crippen LogP contribution < -0.4 is 10.2 Å². The van der Waals surface area contributed by atoms with Crippen LogP contribution in [0.1, 0.15) is 6.92 Å². The zero-order valence-electron chi connectivity index (χ0n) is 9.55. The van der Waals surface area contributed by atoms with Crippen LogP contribution in [0.4, 0.5) is 0 Å². The van der Waals surface area contributed by atoms with E-state index in [9.17, 15) is 4.79 Å². The Bertz CT molecular complexity index is 589. The molecule has 0 aliphatic heterocycles. The lowest BCUT2D eigenvalue weighted by Crippen LogP contribution is -2.34. The van der Waals surface area contributed by atoms with Crippen LogP contribution in [0, 0.1) is 0 Å². The van der Waals surface area contributed by atoms with Gasteiger partial charge in [0.15, 0.2) is 6.10 Å². The Labute approximate surface area is 108 Å². The molecule has 2 aromatic rings. The van der Waals surface area contributed by atoms with Crippen LogP contribution in [-0.4, -0.2) is 22.2 Å². The van der Waals surface area contributed by atoms with Gasteiger partial charge in [0, 0.05) is 11.6 Å². The molecule has 5 nitrogen and oxygen atoms in total. The predicted octanol–water partition coefficient (Wildman–Crippen LogP) is 2.16. The number of hydrogen-bond acceptors (Lipinski definition) is 4. The van der Waals surface area contributed by atoms with Crippen molar-refractivity contribution in [2.75, 3.05) is 0 Å². The molecule has 1 aromatic heterocycles. The van der Waals surface area contributed by atoms with Crippen LogP contribution in [0.5, 0.6) is 5.75 Å². The molecule has 0 aliphatic rings. The zero-order chi connectivity index (χ0) is 13.1. The van der Waals surface area contributed by atoms with E-state index in [2.05, 4.69) is 4.98 Å². The zero-order valence-corrected chi connectivity index (χ0v) is 10.3. The van der Waals surface area contributed by atoms with Gasteiger partial charge in [-0.15, -0.1) is 0 Å². The van der Waals surface area contributed by atoms with E-state index in [1.54, 1.807) is 24.4 Å². The fourth-order valence-electron chi connectivity index (χ4n) is 1.54. The molecule has 0 fully saturated rings. The molecule has 1 heterocycles. The summed E-state index contributed by atoms with van der Waals surface area (Å²) in [4.78, 5) is 15.4. The maximum absolute atomic E-state index is 11.2. The average molecular weight is 267 g/mol. The van der Waals surface area contributed by atoms with Crippen LogP contribution in [-0.2, 0) is 4.79 Å². The second kappa shape index (κ2) is 5.20. The molecular formula is C12H11ClN2O3. The van der Waals surface area contributed by atoms with Gasteiger partial charge in [-0.05, 0) is 31.2 Å². The van der Waals surface area contributed by atoms with Crippen molar-refractivity contribution in [1.29, 1.82) is 0 Å². The van der Waals surface area contributed by atoms with Gasteiger partial charge in [-0.25, -0.2) is 5.48 Å². The molecule has 0 aliphatic carbocycles. The van der Waals surface area contributed by atoms with E-state index in [1.807, 2.05) is 6.07 Å². The summed E-state index contributed by atoms with van der Waals surface area (Å²) in [6.45, 7) is 1.52. The minimum atomic E-state index is -0.832. The molecule has 1 atom stereocenters. The number of halogens is 1. The molecule has 2 N–H and O–H groups in total. The molecule has 2 rings (SSSR count). The van der Waals surface area contributed by atoms with Gasteiger partial charge in [0.2, 0.25) is 0 Å². The number of benzene rings is 1. The lowest BCUT2D eigenvalue weighted by molar-refractivity contribution is -0.135. The fourth-order valence-corrected chi connectivity index (χ4v) is 1.76. The molecule has 0 spiro atoms. The summed E-state index contributed by atoms with van der Waals surface area (Å²) in [6, 6.07) is 6.89. The number of carbonyl (C=O) groups is 1. The van der Waals surface area contributed by atoms with Gasteiger partial charge in [0.25, 0.3) is 5.91 Å². The maximum Gasteiger partial charge on any atom is 0.284 e. The van der Waals surface area contributed by atoms with Gasteiger partial charge in [-0.2, -0.15) is 0 Å². The lowest BCUT2D eigenvalue weighted by atomic mass is 10.2. The number of hydrogen-bond donors (Lipinski definition) is 2. The van der Waals surface area contributed by atoms with E-state index in [1.165, 1.54) is 12.4 Å². The van der Waals surface area contributed by atoms with Crippen molar-refractivity contribution in [2.24, 2.45) is 0 Å². The highest BCUT2D eigenvalue weighted by Gasteiger charge is 2.16. The van der Waals surface area contributed by atoms with Crippen molar-refractivity contribution < 1.29 is 14.7 Å². The first-order valence-electron chi connectivity index (χ1n) is 5.27. The number of pyridine rings is 1. The third kappa shape index (κ3) is 2.37. The Balaban J connectivity index is 2.40. The number of hydroxylamine groups is 1. The van der Waals surface area contributed by atoms with E-state index < -0.39 is 12.0 Å². The Morgan fingerprint density at radius 3 is 3.00 bits per heavy atom. The SMILES string of the molecule is CC(Oc1ccc(Cl)c2cccnc12)C(=O)NO. The van der Waals surface area contributed by atoms with Crippen LogP contribution in [0.15, 0.2) is 30.5 Å². The Morgan fingerprint density at radius 2 is 2.28 bits per heavy atom. The molecular weight excluding hydrogens is 256 g/mol. The van der Waals surface area contributed by atoms with E-state index in [0.717, 1.165) is 5.39 Å². The molecule has 94 valence electrons. The van der Waals surface area contributed by atoms with E-state index >= 15 is 0 Å². The number of amides is 1. The second-order valence-corrected chi connectivity index (χ2v) is 4.09. The Morgan fingerprint density at radius 1 is 1.50 bits per heavy atom. The minimum Gasteiger partial charge on any atom is -0.479 e. The lowest BCUT2D eigenvalue weighted by Gasteiger charge is -2.14. The average Bonchev–Trinajstić information content (AvgIpc) is 2.41. The van der Waals surface area contributed by atoms with E-state index in [-0.39, 0.29) is 0 Å². The number of ether oxygens (including phenoxy) is 1. The Kier molecular flexibility index (Phi) is 3.64. The molecule has 18 heavy (non-hydrogen) atoms. The van der Waals surface area contributed by atoms with Gasteiger partial charge < -0.3 is 4.74 Å². The number of nitrogens with zero attached hydrogens (tertiary/aromatic N) is 1. The smallest absolute Gasteiger partial charge is 0.284 e. The summed E-state index contributed by atoms with van der Waals surface area (Å²) in [7, 11) is 0. The summed E-state index contributed by atoms with van der Waals surface area (Å²) in [5.41, 5.74) is 2.11. The number of fused-ring (bicyclic) bond motifs is 1. The molecule has 1 aromatic carbocycles. The van der Waals surface area contributed by atoms with Gasteiger partial charge in [0.05, 0.1) is 5.02 Å². The summed E-state index contributed by atoms with van der Waals surface area (Å²) >= 11 is 6.04. The monoisotopic (exact) mass is 266 g/mol. The van der Waals surface area contributed by atoms with Crippen molar-refractivity contribution in [3.8, 4) is 5.75 Å². The molecule has 1 unspecified atom stereocenters. The Hall–Kier alpha value is -1.85. The van der Waals surface area contributed by atoms with Crippen LogP contribution in [0.25, 0.3) is 10.9 Å². The molecule has 0 saturated heterocycles. The fraction of sp³-hybridized carbons (Fsp3) is 0.167. The summed E-state index contributed by atoms with van der Waals surface area (Å²) < 4.78 is 5.44. The normalized spacial score (nSPS) is 12.2. The van der Waals surface area contributed by atoms with Crippen LogP contribution >= 0.6 is 11.6 Å². The van der Waals surface area contributed by atoms with Crippen LogP contribution in [0.2, 0.25) is 5.02 Å². The third-order valence-corrected chi connectivity index (χ3v) is 2.79. The van der Waals surface area contributed by atoms with Gasteiger partial charge in [-0.3, -0.25) is 15.0 Å². The highest BCUT2D eigenvalue weighted by atomic mass is 35.5. The van der Waals surface area contributed by atoms with E-state index in [0.29, 0.717) is 16.3 Å². The largest absolute Gasteiger partial charge is 0.479 e. The van der Waals surface area contributed by atoms with Crippen molar-refractivity contribution in [1.82, 2.24) is 10.5 Å². The van der Waals surface area contributed by atoms with E-state index in [4.69, 9.17) is 21.5 Å². The molecule has 0 saturated carbocycles. The maximum atomic E-state index is 11.2. The molecule has 1 amide bonds. The number of aromatic nitrogens is 1. The first-order chi connectivity index (χ1) is 8.63. The molecule has 0 radical (unpaired) electrons. The quantitative estimate of drug-likeness (QED) is 0.660. The highest BCUT2D eigenvalue weighted by Crippen LogP contribution is 2.30. The first-order valence-corrected chi connectivity index (χ1v) is 5.65. The third-order valence-electron chi connectivity index (χ3n) is 2.46. The van der Waals surface area contributed by atoms with Gasteiger partial charge in [0.1, 0.15) is 11.3 Å². The first kappa shape index (κ1) is 12.6. The number of nitrogens with one attached hydrogen (secondary N) is 1. The predicted molar refractivity (Wildman–Crippen MR) is 66.8 cm³/mol. The number of carbonyl (C=O) groups excluding carboxylic acids is 1. The highest BCUT2D eigenvalue weighted by molar-refractivity contribution is 6.35. The molecule has 0 bridgehead atoms. The van der Waals surface area contributed by atoms with Crippen LogP contribution in [0.3, 0.4) is 0 Å². The van der Waals surface area contributed by atoms with Gasteiger partial charge in [-0.1, -0.05) is 11.6 Å². The number of rotatable bonds is 3. The second-order valence-electron chi connectivity index (χ2n) is 3.68. The standard InChI is InChI=1S/C12H11ClN2O3/c1-7(12(16)15-17)18-10-5-4-9(13)8-3-2-6-14-11(8)10/h2-7,17H,1H3,(H,15,16). The summed E-state index contributed by atoms with van der Waals surface area (Å²) in [6.07, 6.45) is 0.781. The van der Waals surface area contributed by atoms with Crippen molar-refractivity contribution >= 4 is 28.4 Å². The van der Waals surface area contributed by atoms with Crippen molar-refractivity contribution in [3.05, 3.63) is 35.5 Å². The minimum absolute atomic E-state index is 0.436. The van der Waals surface area contributed by atoms with Crippen molar-refractivity contribution in [2.45, 2.75) is 13.0 Å². The topological polar surface area (TPSA) is 71.5 Å². The van der Waals surface area contributed by atoms with Crippen molar-refractivity contribution in [3.63, 3.8) is 0 Å². The summed E-state index contributed by atoms with van der Waals surface area (Å²) in [5, 5.41) is 9.83. The summed E-state index contributed by atoms with van der Waals surface area (Å²) in [5.74, 6) is -0.194. The molecule has 6 heteroatoms.